The van der Waals surface area contributed by atoms with E-state index >= 15 is 0 Å². The van der Waals surface area contributed by atoms with Crippen LogP contribution in [0.25, 0.3) is 11.4 Å². The Kier molecular flexibility index (Phi) is 4.14. The van der Waals surface area contributed by atoms with Crippen LogP contribution in [0.15, 0.2) is 6.20 Å². The Balaban J connectivity index is 2.06. The average molecular weight is 303 g/mol. The van der Waals surface area contributed by atoms with Gasteiger partial charge in [-0.25, -0.2) is 9.97 Å². The summed E-state index contributed by atoms with van der Waals surface area (Å²) in [6.45, 7) is 5.23. The minimum atomic E-state index is 0.805. The fourth-order valence-electron chi connectivity index (χ4n) is 2.54. The van der Waals surface area contributed by atoms with Gasteiger partial charge in [-0.1, -0.05) is 13.8 Å². The van der Waals surface area contributed by atoms with Gasteiger partial charge in [0.15, 0.2) is 5.82 Å². The van der Waals surface area contributed by atoms with E-state index in [1.807, 2.05) is 29.7 Å². The van der Waals surface area contributed by atoms with E-state index in [0.717, 1.165) is 53.8 Å². The van der Waals surface area contributed by atoms with Crippen LogP contribution in [0.4, 0.5) is 5.82 Å². The van der Waals surface area contributed by atoms with E-state index in [-0.39, 0.29) is 0 Å². The Morgan fingerprint density at radius 1 is 1.29 bits per heavy atom. The van der Waals surface area contributed by atoms with Crippen LogP contribution in [0.2, 0.25) is 0 Å². The zero-order valence-electron chi connectivity index (χ0n) is 12.8. The minimum Gasteiger partial charge on any atom is -0.370 e. The molecule has 3 heterocycles. The largest absolute Gasteiger partial charge is 0.370 e. The van der Waals surface area contributed by atoms with Crippen molar-refractivity contribution in [3.05, 3.63) is 23.1 Å². The van der Waals surface area contributed by atoms with Gasteiger partial charge in [-0.05, 0) is 12.8 Å². The highest BCUT2D eigenvalue weighted by molar-refractivity contribution is 7.98. The lowest BCUT2D eigenvalue weighted by Gasteiger charge is -2.11. The topological polar surface area (TPSA) is 55.6 Å². The molecule has 0 amide bonds. The fraction of sp³-hybridized carbons (Fsp3) is 0.533. The number of fused-ring (bicyclic) bond motifs is 1. The van der Waals surface area contributed by atoms with Crippen LogP contribution < -0.4 is 5.32 Å². The Hall–Kier alpha value is -1.56. The van der Waals surface area contributed by atoms with Gasteiger partial charge in [0.2, 0.25) is 0 Å². The first-order valence-corrected chi connectivity index (χ1v) is 8.62. The fourth-order valence-corrected chi connectivity index (χ4v) is 3.59. The number of nitrogens with zero attached hydrogens (tertiary/aromatic N) is 4. The van der Waals surface area contributed by atoms with Crippen molar-refractivity contribution in [3.8, 4) is 11.4 Å². The molecule has 0 radical (unpaired) electrons. The van der Waals surface area contributed by atoms with E-state index in [2.05, 4.69) is 24.3 Å². The lowest BCUT2D eigenvalue weighted by molar-refractivity contribution is 0.746. The van der Waals surface area contributed by atoms with Crippen molar-refractivity contribution in [1.82, 2.24) is 19.7 Å². The number of aryl methyl sites for hydroxylation is 2. The number of rotatable bonds is 5. The maximum atomic E-state index is 4.79. The minimum absolute atomic E-state index is 0.805. The molecule has 5 nitrogen and oxygen atoms in total. The maximum absolute atomic E-state index is 4.79. The summed E-state index contributed by atoms with van der Waals surface area (Å²) in [5.41, 5.74) is 4.57. The van der Waals surface area contributed by atoms with Gasteiger partial charge >= 0.3 is 0 Å². The van der Waals surface area contributed by atoms with Crippen molar-refractivity contribution in [2.75, 3.05) is 11.9 Å². The Labute approximate surface area is 129 Å². The van der Waals surface area contributed by atoms with Crippen LogP contribution in [0, 0.1) is 0 Å². The van der Waals surface area contributed by atoms with Crippen molar-refractivity contribution < 1.29 is 0 Å². The number of hydrogen-bond donors (Lipinski definition) is 1. The van der Waals surface area contributed by atoms with Gasteiger partial charge in [-0.3, -0.25) is 4.68 Å². The molecule has 21 heavy (non-hydrogen) atoms. The third-order valence-corrected chi connectivity index (χ3v) is 4.57. The number of hydrogen-bond acceptors (Lipinski definition) is 5. The first-order valence-electron chi connectivity index (χ1n) is 7.47. The van der Waals surface area contributed by atoms with E-state index in [0.29, 0.717) is 0 Å². The summed E-state index contributed by atoms with van der Waals surface area (Å²) < 4.78 is 1.85. The molecule has 0 atom stereocenters. The number of anilines is 1. The maximum Gasteiger partial charge on any atom is 0.165 e. The summed E-state index contributed by atoms with van der Waals surface area (Å²) in [7, 11) is 1.95. The van der Waals surface area contributed by atoms with Crippen molar-refractivity contribution >= 4 is 17.6 Å². The smallest absolute Gasteiger partial charge is 0.165 e. The highest BCUT2D eigenvalue weighted by atomic mass is 32.2. The Bertz CT molecular complexity index is 650. The number of nitrogens with one attached hydrogen (secondary N) is 1. The first kappa shape index (κ1) is 14.4. The average Bonchev–Trinajstić information content (AvgIpc) is 3.10. The molecule has 1 N–H and O–H groups in total. The van der Waals surface area contributed by atoms with Crippen LogP contribution >= 0.6 is 11.8 Å². The molecule has 112 valence electrons. The second kappa shape index (κ2) is 6.05. The third kappa shape index (κ3) is 2.77. The van der Waals surface area contributed by atoms with Crippen LogP contribution in [0.5, 0.6) is 0 Å². The summed E-state index contributed by atoms with van der Waals surface area (Å²) in [5, 5.41) is 7.96. The molecule has 0 spiro atoms. The molecule has 0 saturated carbocycles. The molecule has 2 aromatic rings. The zero-order chi connectivity index (χ0) is 14.8. The lowest BCUT2D eigenvalue weighted by Crippen LogP contribution is -2.08. The van der Waals surface area contributed by atoms with Gasteiger partial charge in [-0.2, -0.15) is 16.9 Å². The van der Waals surface area contributed by atoms with Gasteiger partial charge in [0.05, 0.1) is 17.0 Å². The monoisotopic (exact) mass is 303 g/mol. The highest BCUT2D eigenvalue weighted by Gasteiger charge is 2.21. The molecule has 0 aromatic carbocycles. The van der Waals surface area contributed by atoms with Crippen LogP contribution in [-0.2, 0) is 25.0 Å². The molecular formula is C15H21N5S. The lowest BCUT2D eigenvalue weighted by atomic mass is 10.1. The summed E-state index contributed by atoms with van der Waals surface area (Å²) >= 11 is 1.91. The van der Waals surface area contributed by atoms with Crippen LogP contribution in [0.1, 0.15) is 37.2 Å². The second-order valence-electron chi connectivity index (χ2n) is 5.26. The highest BCUT2D eigenvalue weighted by Crippen LogP contribution is 2.34. The summed E-state index contributed by atoms with van der Waals surface area (Å²) in [4.78, 5) is 9.57. The first-order chi connectivity index (χ1) is 10.2. The molecule has 0 saturated heterocycles. The van der Waals surface area contributed by atoms with Crippen molar-refractivity contribution in [2.24, 2.45) is 7.05 Å². The quantitative estimate of drug-likeness (QED) is 0.920. The van der Waals surface area contributed by atoms with Gasteiger partial charge in [-0.15, -0.1) is 0 Å². The molecular weight excluding hydrogens is 282 g/mol. The number of thioether (sulfide) groups is 1. The summed E-state index contributed by atoms with van der Waals surface area (Å²) in [6, 6.07) is 0. The van der Waals surface area contributed by atoms with Crippen LogP contribution in [0.3, 0.4) is 0 Å². The predicted molar refractivity (Wildman–Crippen MR) is 87.4 cm³/mol. The second-order valence-corrected chi connectivity index (χ2v) is 6.24. The molecule has 0 unspecified atom stereocenters. The SMILES string of the molecule is CCCNc1nc(-c2cn(C)nc2CC)nc2c1CSC2. The molecule has 2 aromatic heterocycles. The molecule has 1 aliphatic rings. The number of aromatic nitrogens is 4. The predicted octanol–water partition coefficient (Wildman–Crippen LogP) is 3.01. The Morgan fingerprint density at radius 2 is 2.14 bits per heavy atom. The summed E-state index contributed by atoms with van der Waals surface area (Å²) in [6.07, 6.45) is 4.00. The zero-order valence-corrected chi connectivity index (χ0v) is 13.6. The van der Waals surface area contributed by atoms with Gasteiger partial charge in [0.25, 0.3) is 0 Å². The van der Waals surface area contributed by atoms with Gasteiger partial charge in [0, 0.05) is 36.9 Å². The van der Waals surface area contributed by atoms with Crippen molar-refractivity contribution in [2.45, 2.75) is 38.2 Å². The van der Waals surface area contributed by atoms with Crippen molar-refractivity contribution in [3.63, 3.8) is 0 Å². The molecule has 0 aliphatic carbocycles. The van der Waals surface area contributed by atoms with E-state index in [1.54, 1.807) is 0 Å². The van der Waals surface area contributed by atoms with E-state index in [1.165, 1.54) is 11.3 Å². The molecule has 3 rings (SSSR count). The molecule has 6 heteroatoms. The van der Waals surface area contributed by atoms with Gasteiger partial charge < -0.3 is 5.32 Å². The van der Waals surface area contributed by atoms with E-state index in [4.69, 9.17) is 9.97 Å². The standard InChI is InChI=1S/C15H21N5S/c1-4-6-16-14-11-8-21-9-13(11)17-15(18-14)10-7-20(3)19-12(10)5-2/h7H,4-6,8-9H2,1-3H3,(H,16,17,18). The van der Waals surface area contributed by atoms with E-state index in [9.17, 15) is 0 Å². The van der Waals surface area contributed by atoms with Crippen LogP contribution in [-0.4, -0.2) is 26.3 Å². The summed E-state index contributed by atoms with van der Waals surface area (Å²) in [5.74, 6) is 3.80. The Morgan fingerprint density at radius 3 is 2.90 bits per heavy atom. The molecule has 1 aliphatic heterocycles. The normalized spacial score (nSPS) is 13.5. The molecule has 0 bridgehead atoms. The third-order valence-electron chi connectivity index (χ3n) is 3.60. The molecule has 0 fully saturated rings. The van der Waals surface area contributed by atoms with Gasteiger partial charge in [0.1, 0.15) is 5.82 Å². The van der Waals surface area contributed by atoms with Crippen molar-refractivity contribution in [1.29, 1.82) is 0 Å². The van der Waals surface area contributed by atoms with E-state index < -0.39 is 0 Å².